The molecule has 1 aliphatic rings. The van der Waals surface area contributed by atoms with Gasteiger partial charge in [-0.05, 0) is 80.8 Å². The van der Waals surface area contributed by atoms with E-state index in [-0.39, 0.29) is 11.8 Å². The largest absolute Gasteiger partial charge is 0.365 e. The first-order valence-corrected chi connectivity index (χ1v) is 13.4. The van der Waals surface area contributed by atoms with E-state index < -0.39 is 6.04 Å². The molecule has 1 amide bonds. The smallest absolute Gasteiger partial charge is 0.239 e. The van der Waals surface area contributed by atoms with E-state index in [0.29, 0.717) is 6.04 Å². The maximum atomic E-state index is 12.8. The molecule has 4 nitrogen and oxygen atoms in total. The Morgan fingerprint density at radius 1 is 1.06 bits per heavy atom. The van der Waals surface area contributed by atoms with Crippen LogP contribution in [0.1, 0.15) is 58.1 Å². The zero-order valence-corrected chi connectivity index (χ0v) is 22.6. The van der Waals surface area contributed by atoms with Crippen molar-refractivity contribution in [2.24, 2.45) is 11.7 Å². The Labute approximate surface area is 217 Å². The number of halogens is 1. The number of allylic oxidation sites excluding steroid dienone is 1. The summed E-state index contributed by atoms with van der Waals surface area (Å²) in [6.45, 7) is 10.9. The molecule has 1 unspecified atom stereocenters. The Hall–Kier alpha value is -2.30. The molecule has 5 heteroatoms. The molecule has 0 saturated carbocycles. The molecule has 0 bridgehead atoms. The lowest BCUT2D eigenvalue weighted by molar-refractivity contribution is -0.134. The summed E-state index contributed by atoms with van der Waals surface area (Å²) in [4.78, 5) is 17.3. The van der Waals surface area contributed by atoms with Crippen molar-refractivity contribution in [1.82, 2.24) is 4.90 Å². The molecule has 1 fully saturated rings. The molecule has 0 aromatic heterocycles. The van der Waals surface area contributed by atoms with Gasteiger partial charge in [-0.25, -0.2) is 0 Å². The van der Waals surface area contributed by atoms with Gasteiger partial charge in [0.25, 0.3) is 0 Å². The minimum atomic E-state index is -0.390. The van der Waals surface area contributed by atoms with Gasteiger partial charge in [-0.15, -0.1) is 0 Å². The van der Waals surface area contributed by atoms with Gasteiger partial charge in [0.15, 0.2) is 0 Å². The van der Waals surface area contributed by atoms with Crippen molar-refractivity contribution < 1.29 is 4.79 Å². The van der Waals surface area contributed by atoms with E-state index in [1.54, 1.807) is 0 Å². The van der Waals surface area contributed by atoms with E-state index in [1.807, 2.05) is 17.0 Å². The quantitative estimate of drug-likeness (QED) is 0.395. The SMILES string of the molecule is CCC(C)[C@H](N)C(=O)N1CCC(N(CC=C(C)C)c2ccc(CCc3ccc(Cl)cc3)cc2)CC1. The second kappa shape index (κ2) is 13.1. The van der Waals surface area contributed by atoms with E-state index in [0.717, 1.165) is 56.8 Å². The number of hydrogen-bond donors (Lipinski definition) is 1. The fraction of sp³-hybridized carbons (Fsp3) is 0.500. The number of rotatable bonds is 10. The summed E-state index contributed by atoms with van der Waals surface area (Å²) < 4.78 is 0. The van der Waals surface area contributed by atoms with Crippen LogP contribution in [0.4, 0.5) is 5.69 Å². The molecule has 2 aromatic rings. The maximum absolute atomic E-state index is 12.8. The van der Waals surface area contributed by atoms with Crippen LogP contribution >= 0.6 is 11.6 Å². The number of nitrogens with two attached hydrogens (primary N) is 1. The normalized spacial score (nSPS) is 16.0. The predicted molar refractivity (Wildman–Crippen MR) is 149 cm³/mol. The average molecular weight is 496 g/mol. The Morgan fingerprint density at radius 2 is 1.60 bits per heavy atom. The molecule has 1 aliphatic heterocycles. The van der Waals surface area contributed by atoms with Gasteiger partial charge < -0.3 is 15.5 Å². The Balaban J connectivity index is 1.64. The van der Waals surface area contributed by atoms with Crippen molar-refractivity contribution >= 4 is 23.2 Å². The molecule has 1 heterocycles. The lowest BCUT2D eigenvalue weighted by Crippen LogP contribution is -2.52. The standard InChI is InChI=1S/C30H42ClN3O/c1-5-23(4)29(32)30(35)33-19-17-28(18-20-33)34(21-16-22(2)3)27-14-10-25(11-15-27)7-6-24-8-12-26(31)13-9-24/h8-16,23,28-29H,5-7,17-21,32H2,1-4H3/t23?,29-/m0/s1. The van der Waals surface area contributed by atoms with Crippen LogP contribution in [-0.2, 0) is 17.6 Å². The van der Waals surface area contributed by atoms with E-state index in [9.17, 15) is 4.79 Å². The van der Waals surface area contributed by atoms with E-state index >= 15 is 0 Å². The molecular weight excluding hydrogens is 454 g/mol. The number of benzene rings is 2. The predicted octanol–water partition coefficient (Wildman–Crippen LogP) is 6.26. The number of aryl methyl sites for hydroxylation is 2. The molecule has 0 aliphatic carbocycles. The fourth-order valence-electron chi connectivity index (χ4n) is 4.65. The number of anilines is 1. The topological polar surface area (TPSA) is 49.6 Å². The molecule has 0 spiro atoms. The zero-order valence-electron chi connectivity index (χ0n) is 21.8. The van der Waals surface area contributed by atoms with Crippen molar-refractivity contribution in [2.75, 3.05) is 24.5 Å². The Kier molecular flexibility index (Phi) is 10.2. The molecule has 3 rings (SSSR count). The molecule has 2 aromatic carbocycles. The second-order valence-corrected chi connectivity index (χ2v) is 10.6. The zero-order chi connectivity index (χ0) is 25.4. The Bertz CT molecular complexity index is 958. The van der Waals surface area contributed by atoms with Crippen molar-refractivity contribution in [2.45, 2.75) is 71.9 Å². The lowest BCUT2D eigenvalue weighted by Gasteiger charge is -2.40. The molecule has 2 atom stereocenters. The highest BCUT2D eigenvalue weighted by Gasteiger charge is 2.30. The first kappa shape index (κ1) is 27.3. The van der Waals surface area contributed by atoms with Crippen LogP contribution in [0, 0.1) is 5.92 Å². The summed E-state index contributed by atoms with van der Waals surface area (Å²) in [5.74, 6) is 0.325. The number of carbonyl (C=O) groups is 1. The van der Waals surface area contributed by atoms with Crippen molar-refractivity contribution in [3.63, 3.8) is 0 Å². The van der Waals surface area contributed by atoms with Crippen molar-refractivity contribution in [1.29, 1.82) is 0 Å². The minimum Gasteiger partial charge on any atom is -0.365 e. The average Bonchev–Trinajstić information content (AvgIpc) is 2.88. The van der Waals surface area contributed by atoms with Crippen LogP contribution in [0.5, 0.6) is 0 Å². The van der Waals surface area contributed by atoms with Crippen LogP contribution in [0.3, 0.4) is 0 Å². The van der Waals surface area contributed by atoms with Crippen LogP contribution in [0.25, 0.3) is 0 Å². The molecule has 35 heavy (non-hydrogen) atoms. The molecule has 190 valence electrons. The van der Waals surface area contributed by atoms with Gasteiger partial charge in [-0.3, -0.25) is 4.79 Å². The lowest BCUT2D eigenvalue weighted by atomic mass is 9.96. The summed E-state index contributed by atoms with van der Waals surface area (Å²) in [7, 11) is 0. The van der Waals surface area contributed by atoms with Gasteiger partial charge in [0.05, 0.1) is 6.04 Å². The van der Waals surface area contributed by atoms with Crippen molar-refractivity contribution in [3.05, 3.63) is 76.3 Å². The fourth-order valence-corrected chi connectivity index (χ4v) is 4.77. The monoisotopic (exact) mass is 495 g/mol. The first-order chi connectivity index (χ1) is 16.8. The summed E-state index contributed by atoms with van der Waals surface area (Å²) in [6, 6.07) is 17.2. The van der Waals surface area contributed by atoms with Crippen LogP contribution in [0.15, 0.2) is 60.2 Å². The van der Waals surface area contributed by atoms with Gasteiger partial charge in [0.1, 0.15) is 0 Å². The third kappa shape index (κ3) is 7.85. The third-order valence-electron chi connectivity index (χ3n) is 7.34. The summed E-state index contributed by atoms with van der Waals surface area (Å²) in [5.41, 5.74) is 11.4. The summed E-state index contributed by atoms with van der Waals surface area (Å²) in [5, 5.41) is 0.781. The number of amides is 1. The van der Waals surface area contributed by atoms with Gasteiger partial charge in [-0.1, -0.05) is 67.8 Å². The van der Waals surface area contributed by atoms with Crippen LogP contribution < -0.4 is 10.6 Å². The van der Waals surface area contributed by atoms with E-state index in [1.165, 1.54) is 22.4 Å². The highest BCUT2D eigenvalue weighted by Crippen LogP contribution is 2.26. The number of carbonyl (C=O) groups excluding carboxylic acids is 1. The highest BCUT2D eigenvalue weighted by molar-refractivity contribution is 6.30. The molecule has 2 N–H and O–H groups in total. The number of hydrogen-bond acceptors (Lipinski definition) is 3. The summed E-state index contributed by atoms with van der Waals surface area (Å²) >= 11 is 6.01. The molecular formula is C30H42ClN3O. The molecule has 1 saturated heterocycles. The van der Waals surface area contributed by atoms with Gasteiger partial charge >= 0.3 is 0 Å². The number of nitrogens with zero attached hydrogens (tertiary/aromatic N) is 2. The third-order valence-corrected chi connectivity index (χ3v) is 7.59. The minimum absolute atomic E-state index is 0.110. The van der Waals surface area contributed by atoms with Gasteiger partial charge in [0.2, 0.25) is 5.91 Å². The van der Waals surface area contributed by atoms with Gasteiger partial charge in [0, 0.05) is 36.4 Å². The Morgan fingerprint density at radius 3 is 2.11 bits per heavy atom. The number of likely N-dealkylation sites (tertiary alicyclic amines) is 1. The first-order valence-electron chi connectivity index (χ1n) is 13.1. The van der Waals surface area contributed by atoms with Crippen molar-refractivity contribution in [3.8, 4) is 0 Å². The van der Waals surface area contributed by atoms with E-state index in [4.69, 9.17) is 17.3 Å². The highest BCUT2D eigenvalue weighted by atomic mass is 35.5. The van der Waals surface area contributed by atoms with Crippen LogP contribution in [-0.4, -0.2) is 42.5 Å². The van der Waals surface area contributed by atoms with Crippen LogP contribution in [0.2, 0.25) is 5.02 Å². The number of piperidine rings is 1. The molecule has 0 radical (unpaired) electrons. The second-order valence-electron chi connectivity index (χ2n) is 10.2. The van der Waals surface area contributed by atoms with Gasteiger partial charge in [-0.2, -0.15) is 0 Å². The maximum Gasteiger partial charge on any atom is 0.239 e. The summed E-state index contributed by atoms with van der Waals surface area (Å²) in [6.07, 6.45) is 7.16. The van der Waals surface area contributed by atoms with E-state index in [2.05, 4.69) is 75.1 Å².